The fraction of sp³-hybridized carbons (Fsp3) is 0.111. The highest BCUT2D eigenvalue weighted by Crippen LogP contribution is 2.42. The molecule has 0 heterocycles. The number of hydrogen-bond donors (Lipinski definition) is 0. The first kappa shape index (κ1) is 18.1. The monoisotopic (exact) mass is 363 g/mol. The standard InChI is InChI=1S/C27H25N/c1-3-22-14-12-13-21(2)27(22)25-19-10-11-20-26(25)28(23-15-6-4-7-16-23)24-17-8-5-9-18-24/h4-20H,3H2,1-2H3. The number of anilines is 3. The lowest BCUT2D eigenvalue weighted by Gasteiger charge is -2.28. The second-order valence-corrected chi connectivity index (χ2v) is 6.99. The van der Waals surface area contributed by atoms with E-state index in [-0.39, 0.29) is 0 Å². The number of benzene rings is 4. The van der Waals surface area contributed by atoms with Crippen molar-refractivity contribution in [2.45, 2.75) is 20.3 Å². The molecule has 0 aliphatic carbocycles. The van der Waals surface area contributed by atoms with Gasteiger partial charge in [0.2, 0.25) is 0 Å². The Morgan fingerprint density at radius 1 is 0.607 bits per heavy atom. The van der Waals surface area contributed by atoms with Crippen LogP contribution in [0.3, 0.4) is 0 Å². The fourth-order valence-electron chi connectivity index (χ4n) is 3.87. The van der Waals surface area contributed by atoms with Crippen molar-refractivity contribution in [3.63, 3.8) is 0 Å². The maximum Gasteiger partial charge on any atom is 0.0540 e. The first-order valence-corrected chi connectivity index (χ1v) is 9.87. The van der Waals surface area contributed by atoms with Gasteiger partial charge in [-0.3, -0.25) is 0 Å². The minimum atomic E-state index is 1.02. The first-order chi connectivity index (χ1) is 13.8. The topological polar surface area (TPSA) is 3.24 Å². The zero-order valence-corrected chi connectivity index (χ0v) is 16.5. The van der Waals surface area contributed by atoms with Crippen molar-refractivity contribution >= 4 is 17.1 Å². The van der Waals surface area contributed by atoms with E-state index >= 15 is 0 Å². The van der Waals surface area contributed by atoms with Gasteiger partial charge in [-0.1, -0.05) is 79.7 Å². The van der Waals surface area contributed by atoms with Crippen LogP contribution in [0.5, 0.6) is 0 Å². The van der Waals surface area contributed by atoms with Gasteiger partial charge in [0, 0.05) is 16.9 Å². The summed E-state index contributed by atoms with van der Waals surface area (Å²) in [6, 6.07) is 36.5. The third kappa shape index (κ3) is 3.44. The van der Waals surface area contributed by atoms with Crippen molar-refractivity contribution in [1.82, 2.24) is 0 Å². The van der Waals surface area contributed by atoms with Crippen LogP contribution in [0.2, 0.25) is 0 Å². The third-order valence-electron chi connectivity index (χ3n) is 5.18. The maximum absolute atomic E-state index is 2.35. The summed E-state index contributed by atoms with van der Waals surface area (Å²) in [7, 11) is 0. The minimum absolute atomic E-state index is 1.02. The Balaban J connectivity index is 1.98. The summed E-state index contributed by atoms with van der Waals surface area (Å²) in [5.41, 5.74) is 8.83. The van der Waals surface area contributed by atoms with E-state index in [0.717, 1.165) is 17.8 Å². The van der Waals surface area contributed by atoms with Crippen molar-refractivity contribution < 1.29 is 0 Å². The average Bonchev–Trinajstić information content (AvgIpc) is 2.76. The van der Waals surface area contributed by atoms with Crippen LogP contribution in [0, 0.1) is 6.92 Å². The van der Waals surface area contributed by atoms with Gasteiger partial charge < -0.3 is 4.90 Å². The molecular formula is C27H25N. The van der Waals surface area contributed by atoms with Crippen LogP contribution >= 0.6 is 0 Å². The summed E-state index contributed by atoms with van der Waals surface area (Å²) in [5.74, 6) is 0. The van der Waals surface area contributed by atoms with Crippen LogP contribution in [0.25, 0.3) is 11.1 Å². The SMILES string of the molecule is CCc1cccc(C)c1-c1ccccc1N(c1ccccc1)c1ccccc1. The number of hydrogen-bond acceptors (Lipinski definition) is 1. The molecule has 0 aliphatic rings. The molecule has 0 saturated heterocycles. The van der Waals surface area contributed by atoms with Gasteiger partial charge in [-0.25, -0.2) is 0 Å². The fourth-order valence-corrected chi connectivity index (χ4v) is 3.87. The largest absolute Gasteiger partial charge is 0.310 e. The summed E-state index contributed by atoms with van der Waals surface area (Å²) in [6.07, 6.45) is 1.02. The van der Waals surface area contributed by atoms with E-state index in [4.69, 9.17) is 0 Å². The van der Waals surface area contributed by atoms with Gasteiger partial charge >= 0.3 is 0 Å². The smallest absolute Gasteiger partial charge is 0.0540 e. The van der Waals surface area contributed by atoms with E-state index in [1.807, 2.05) is 0 Å². The molecule has 4 aromatic carbocycles. The quantitative estimate of drug-likeness (QED) is 0.351. The summed E-state index contributed by atoms with van der Waals surface area (Å²) in [6.45, 7) is 4.44. The molecular weight excluding hydrogens is 338 g/mol. The highest BCUT2D eigenvalue weighted by Gasteiger charge is 2.18. The molecule has 0 saturated carbocycles. The minimum Gasteiger partial charge on any atom is -0.310 e. The van der Waals surface area contributed by atoms with Gasteiger partial charge in [0.25, 0.3) is 0 Å². The Morgan fingerprint density at radius 2 is 1.18 bits per heavy atom. The van der Waals surface area contributed by atoms with Gasteiger partial charge in [0.1, 0.15) is 0 Å². The molecule has 0 bridgehead atoms. The van der Waals surface area contributed by atoms with Gasteiger partial charge in [-0.2, -0.15) is 0 Å². The molecule has 4 rings (SSSR count). The average molecular weight is 364 g/mol. The summed E-state index contributed by atoms with van der Waals surface area (Å²) in [4.78, 5) is 2.35. The van der Waals surface area contributed by atoms with Crippen molar-refractivity contribution in [3.8, 4) is 11.1 Å². The summed E-state index contributed by atoms with van der Waals surface area (Å²) >= 11 is 0. The normalized spacial score (nSPS) is 10.6. The summed E-state index contributed by atoms with van der Waals surface area (Å²) in [5, 5.41) is 0. The lowest BCUT2D eigenvalue weighted by molar-refractivity contribution is 1.13. The molecule has 4 aromatic rings. The first-order valence-electron chi connectivity index (χ1n) is 9.87. The van der Waals surface area contributed by atoms with Crippen LogP contribution < -0.4 is 4.90 Å². The molecule has 0 spiro atoms. The van der Waals surface area contributed by atoms with Crippen molar-refractivity contribution in [2.24, 2.45) is 0 Å². The van der Waals surface area contributed by atoms with Crippen LogP contribution in [0.4, 0.5) is 17.1 Å². The molecule has 0 unspecified atom stereocenters. The van der Waals surface area contributed by atoms with Crippen molar-refractivity contribution in [1.29, 1.82) is 0 Å². The zero-order chi connectivity index (χ0) is 19.3. The molecule has 0 aromatic heterocycles. The van der Waals surface area contributed by atoms with Crippen molar-refractivity contribution in [3.05, 3.63) is 114 Å². The van der Waals surface area contributed by atoms with E-state index in [1.165, 1.54) is 27.9 Å². The lowest BCUT2D eigenvalue weighted by atomic mass is 9.92. The molecule has 0 amide bonds. The lowest BCUT2D eigenvalue weighted by Crippen LogP contribution is -2.11. The molecule has 28 heavy (non-hydrogen) atoms. The Kier molecular flexibility index (Phi) is 5.25. The Labute approximate surface area is 167 Å². The van der Waals surface area contributed by atoms with E-state index in [2.05, 4.69) is 122 Å². The Morgan fingerprint density at radius 3 is 1.79 bits per heavy atom. The predicted molar refractivity (Wildman–Crippen MR) is 121 cm³/mol. The van der Waals surface area contributed by atoms with Gasteiger partial charge in [-0.05, 0) is 60.4 Å². The molecule has 138 valence electrons. The molecule has 0 aliphatic heterocycles. The van der Waals surface area contributed by atoms with Crippen LogP contribution in [-0.4, -0.2) is 0 Å². The highest BCUT2D eigenvalue weighted by atomic mass is 15.1. The molecule has 1 nitrogen and oxygen atoms in total. The maximum atomic E-state index is 2.35. The van der Waals surface area contributed by atoms with Gasteiger partial charge in [0.05, 0.1) is 5.69 Å². The summed E-state index contributed by atoms with van der Waals surface area (Å²) < 4.78 is 0. The zero-order valence-electron chi connectivity index (χ0n) is 16.5. The van der Waals surface area contributed by atoms with Crippen LogP contribution in [0.15, 0.2) is 103 Å². The molecule has 1 heteroatoms. The second kappa shape index (κ2) is 8.14. The van der Waals surface area contributed by atoms with Crippen LogP contribution in [-0.2, 0) is 6.42 Å². The number of aryl methyl sites for hydroxylation is 2. The molecule has 0 N–H and O–H groups in total. The second-order valence-electron chi connectivity index (χ2n) is 6.99. The Hall–Kier alpha value is -3.32. The molecule has 0 atom stereocenters. The number of para-hydroxylation sites is 3. The van der Waals surface area contributed by atoms with E-state index in [0.29, 0.717) is 0 Å². The highest BCUT2D eigenvalue weighted by molar-refractivity contribution is 5.89. The molecule has 0 radical (unpaired) electrons. The van der Waals surface area contributed by atoms with Gasteiger partial charge in [0.15, 0.2) is 0 Å². The van der Waals surface area contributed by atoms with Gasteiger partial charge in [-0.15, -0.1) is 0 Å². The molecule has 0 fully saturated rings. The van der Waals surface area contributed by atoms with Crippen molar-refractivity contribution in [2.75, 3.05) is 4.90 Å². The third-order valence-corrected chi connectivity index (χ3v) is 5.18. The van der Waals surface area contributed by atoms with Crippen LogP contribution in [0.1, 0.15) is 18.1 Å². The predicted octanol–water partition coefficient (Wildman–Crippen LogP) is 7.69. The Bertz CT molecular complexity index is 1010. The van der Waals surface area contributed by atoms with E-state index in [1.54, 1.807) is 0 Å². The van der Waals surface area contributed by atoms with E-state index < -0.39 is 0 Å². The van der Waals surface area contributed by atoms with E-state index in [9.17, 15) is 0 Å². The number of nitrogens with zero attached hydrogens (tertiary/aromatic N) is 1. The number of rotatable bonds is 5.